The Morgan fingerprint density at radius 1 is 1.03 bits per heavy atom. The number of amides is 1. The standard InChI is InChI=1S/C29H30F3N3O4/c1-17(2)35(27(36)20-6-4-18(3)5-7-20)25-11-8-21(16-22(25)28(37)38)39-26-23(29(30,31)32)9-10-24(34-26)19-12-14-33-15-13-19/h8-18,20H,4-7H2,1-3H3,(H,37,38). The number of benzene rings is 1. The number of carboxylic acid groups (broad SMARTS) is 1. The van der Waals surface area contributed by atoms with Gasteiger partial charge in [0.05, 0.1) is 16.9 Å². The molecule has 0 aliphatic heterocycles. The molecule has 2 aromatic heterocycles. The van der Waals surface area contributed by atoms with Crippen LogP contribution in [0.3, 0.4) is 0 Å². The van der Waals surface area contributed by atoms with Crippen molar-refractivity contribution in [1.82, 2.24) is 9.97 Å². The molecule has 0 unspecified atom stereocenters. The van der Waals surface area contributed by atoms with E-state index >= 15 is 0 Å². The van der Waals surface area contributed by atoms with Gasteiger partial charge in [-0.25, -0.2) is 9.78 Å². The summed E-state index contributed by atoms with van der Waals surface area (Å²) < 4.78 is 46.9. The minimum Gasteiger partial charge on any atom is -0.478 e. The average molecular weight is 542 g/mol. The second-order valence-corrected chi connectivity index (χ2v) is 10.1. The summed E-state index contributed by atoms with van der Waals surface area (Å²) in [5.74, 6) is -2.02. The minimum atomic E-state index is -4.76. The van der Waals surface area contributed by atoms with E-state index in [2.05, 4.69) is 16.9 Å². The second kappa shape index (κ2) is 11.4. The third-order valence-corrected chi connectivity index (χ3v) is 6.93. The Hall–Kier alpha value is -3.95. The maximum Gasteiger partial charge on any atom is 0.421 e. The van der Waals surface area contributed by atoms with Crippen LogP contribution in [0.2, 0.25) is 0 Å². The third-order valence-electron chi connectivity index (χ3n) is 6.93. The zero-order valence-electron chi connectivity index (χ0n) is 21.9. The number of alkyl halides is 3. The number of pyridine rings is 2. The molecule has 1 aliphatic rings. The highest BCUT2D eigenvalue weighted by Gasteiger charge is 2.36. The van der Waals surface area contributed by atoms with Crippen LogP contribution in [0.4, 0.5) is 18.9 Å². The Morgan fingerprint density at radius 2 is 1.69 bits per heavy atom. The number of hydrogen-bond acceptors (Lipinski definition) is 5. The fourth-order valence-corrected chi connectivity index (χ4v) is 4.84. The van der Waals surface area contributed by atoms with Crippen LogP contribution in [-0.4, -0.2) is 33.0 Å². The van der Waals surface area contributed by atoms with E-state index in [4.69, 9.17) is 4.74 Å². The number of nitrogens with zero attached hydrogens (tertiary/aromatic N) is 3. The Bertz CT molecular complexity index is 1340. The first-order chi connectivity index (χ1) is 18.5. The molecule has 0 radical (unpaired) electrons. The van der Waals surface area contributed by atoms with Gasteiger partial charge in [-0.3, -0.25) is 9.78 Å². The quantitative estimate of drug-likeness (QED) is 0.340. The van der Waals surface area contributed by atoms with Gasteiger partial charge in [0, 0.05) is 29.9 Å². The molecule has 0 bridgehead atoms. The molecule has 1 aromatic carbocycles. The van der Waals surface area contributed by atoms with Crippen molar-refractivity contribution in [2.45, 2.75) is 58.7 Å². The maximum absolute atomic E-state index is 13.8. The fourth-order valence-electron chi connectivity index (χ4n) is 4.84. The zero-order chi connectivity index (χ0) is 28.3. The highest BCUT2D eigenvalue weighted by Crippen LogP contribution is 2.40. The lowest BCUT2D eigenvalue weighted by Gasteiger charge is -2.34. The molecule has 39 heavy (non-hydrogen) atoms. The summed E-state index contributed by atoms with van der Waals surface area (Å²) in [5.41, 5.74) is -0.422. The van der Waals surface area contributed by atoms with Gasteiger partial charge < -0.3 is 14.7 Å². The smallest absolute Gasteiger partial charge is 0.421 e. The summed E-state index contributed by atoms with van der Waals surface area (Å²) in [6, 6.07) is 8.85. The molecule has 0 saturated heterocycles. The Kier molecular flexibility index (Phi) is 8.22. The average Bonchev–Trinajstić information content (AvgIpc) is 2.89. The molecule has 3 aromatic rings. The molecular weight excluding hydrogens is 511 g/mol. The van der Waals surface area contributed by atoms with Crippen LogP contribution in [0.15, 0.2) is 54.9 Å². The molecule has 7 nitrogen and oxygen atoms in total. The van der Waals surface area contributed by atoms with Crippen molar-refractivity contribution >= 4 is 17.6 Å². The molecule has 2 heterocycles. The van der Waals surface area contributed by atoms with E-state index < -0.39 is 23.6 Å². The second-order valence-electron chi connectivity index (χ2n) is 10.1. The number of aromatic nitrogens is 2. The topological polar surface area (TPSA) is 92.6 Å². The van der Waals surface area contributed by atoms with Crippen molar-refractivity contribution in [3.05, 3.63) is 66.0 Å². The first kappa shape index (κ1) is 28.1. The van der Waals surface area contributed by atoms with Gasteiger partial charge in [-0.05, 0) is 87.9 Å². The van der Waals surface area contributed by atoms with Crippen LogP contribution in [0.5, 0.6) is 11.6 Å². The van der Waals surface area contributed by atoms with E-state index in [0.29, 0.717) is 11.5 Å². The van der Waals surface area contributed by atoms with E-state index in [1.54, 1.807) is 26.0 Å². The van der Waals surface area contributed by atoms with Crippen molar-refractivity contribution in [2.75, 3.05) is 4.90 Å². The van der Waals surface area contributed by atoms with Crippen LogP contribution in [-0.2, 0) is 11.0 Å². The summed E-state index contributed by atoms with van der Waals surface area (Å²) in [6.07, 6.45) is 1.53. The summed E-state index contributed by atoms with van der Waals surface area (Å²) in [4.78, 5) is 35.2. The third kappa shape index (κ3) is 6.38. The monoisotopic (exact) mass is 541 g/mol. The molecule has 0 spiro atoms. The molecule has 10 heteroatoms. The van der Waals surface area contributed by atoms with Crippen LogP contribution in [0, 0.1) is 11.8 Å². The first-order valence-electron chi connectivity index (χ1n) is 12.8. The number of carbonyl (C=O) groups is 2. The van der Waals surface area contributed by atoms with E-state index in [1.165, 1.54) is 35.5 Å². The van der Waals surface area contributed by atoms with Gasteiger partial charge >= 0.3 is 12.1 Å². The Morgan fingerprint density at radius 3 is 2.28 bits per heavy atom. The predicted octanol–water partition coefficient (Wildman–Crippen LogP) is 7.22. The van der Waals surface area contributed by atoms with Crippen LogP contribution in [0.1, 0.15) is 62.4 Å². The summed E-state index contributed by atoms with van der Waals surface area (Å²) in [6.45, 7) is 5.74. The van der Waals surface area contributed by atoms with Gasteiger partial charge in [-0.2, -0.15) is 13.2 Å². The number of halogens is 3. The number of carboxylic acids is 1. The van der Waals surface area contributed by atoms with E-state index in [-0.39, 0.29) is 40.6 Å². The molecule has 1 fully saturated rings. The van der Waals surface area contributed by atoms with Crippen LogP contribution < -0.4 is 9.64 Å². The highest BCUT2D eigenvalue weighted by atomic mass is 19.4. The molecule has 1 saturated carbocycles. The van der Waals surface area contributed by atoms with Crippen molar-refractivity contribution in [1.29, 1.82) is 0 Å². The van der Waals surface area contributed by atoms with Crippen LogP contribution in [0.25, 0.3) is 11.3 Å². The molecule has 4 rings (SSSR count). The number of aromatic carboxylic acids is 1. The first-order valence-corrected chi connectivity index (χ1v) is 12.8. The zero-order valence-corrected chi connectivity index (χ0v) is 21.9. The summed E-state index contributed by atoms with van der Waals surface area (Å²) in [5, 5.41) is 10.00. The largest absolute Gasteiger partial charge is 0.478 e. The van der Waals surface area contributed by atoms with E-state index in [9.17, 15) is 27.9 Å². The van der Waals surface area contributed by atoms with Gasteiger partial charge in [0.2, 0.25) is 11.8 Å². The number of rotatable bonds is 7. The van der Waals surface area contributed by atoms with Crippen LogP contribution >= 0.6 is 0 Å². The van der Waals surface area contributed by atoms with Gasteiger partial charge in [0.15, 0.2) is 0 Å². The van der Waals surface area contributed by atoms with Crippen molar-refractivity contribution < 1.29 is 32.6 Å². The minimum absolute atomic E-state index is 0.149. The van der Waals surface area contributed by atoms with E-state index in [0.717, 1.165) is 37.8 Å². The fraction of sp³-hybridized carbons (Fsp3) is 0.379. The SMILES string of the molecule is CC1CCC(C(=O)N(c2ccc(Oc3nc(-c4ccncc4)ccc3C(F)(F)F)cc2C(=O)O)C(C)C)CC1. The molecule has 1 amide bonds. The number of carbonyl (C=O) groups excluding carboxylic acids is 1. The molecular formula is C29H30F3N3O4. The number of anilines is 1. The molecule has 1 N–H and O–H groups in total. The van der Waals surface area contributed by atoms with Gasteiger partial charge in [0.1, 0.15) is 11.3 Å². The Labute approximate surface area is 224 Å². The predicted molar refractivity (Wildman–Crippen MR) is 140 cm³/mol. The number of ether oxygens (including phenoxy) is 1. The Balaban J connectivity index is 1.71. The van der Waals surface area contributed by atoms with Crippen molar-refractivity contribution in [2.24, 2.45) is 11.8 Å². The molecule has 1 aliphatic carbocycles. The molecule has 206 valence electrons. The van der Waals surface area contributed by atoms with Gasteiger partial charge in [-0.15, -0.1) is 0 Å². The van der Waals surface area contributed by atoms with Gasteiger partial charge in [0.25, 0.3) is 0 Å². The lowest BCUT2D eigenvalue weighted by Crippen LogP contribution is -2.42. The number of hydrogen-bond donors (Lipinski definition) is 1. The molecule has 0 atom stereocenters. The highest BCUT2D eigenvalue weighted by molar-refractivity contribution is 6.03. The normalized spacial score (nSPS) is 17.6. The maximum atomic E-state index is 13.8. The lowest BCUT2D eigenvalue weighted by molar-refractivity contribution is -0.138. The van der Waals surface area contributed by atoms with E-state index in [1.807, 2.05) is 0 Å². The summed E-state index contributed by atoms with van der Waals surface area (Å²) in [7, 11) is 0. The lowest BCUT2D eigenvalue weighted by atomic mass is 9.82. The van der Waals surface area contributed by atoms with Crippen molar-refractivity contribution in [3.63, 3.8) is 0 Å². The van der Waals surface area contributed by atoms with Crippen molar-refractivity contribution in [3.8, 4) is 22.9 Å². The van der Waals surface area contributed by atoms with Gasteiger partial charge in [-0.1, -0.05) is 6.92 Å². The summed E-state index contributed by atoms with van der Waals surface area (Å²) >= 11 is 0.